The molecule has 42 valence electrons. The quantitative estimate of drug-likeness (QED) is 0.423. The molecule has 1 fully saturated rings. The van der Waals surface area contributed by atoms with E-state index in [0.717, 1.165) is 5.04 Å². The largest absolute Gasteiger partial charge is 0.0716 e. The van der Waals surface area contributed by atoms with Crippen molar-refractivity contribution in [1.82, 2.24) is 0 Å². The summed E-state index contributed by atoms with van der Waals surface area (Å²) >= 11 is 0. The molecule has 0 spiro atoms. The summed E-state index contributed by atoms with van der Waals surface area (Å²) < 4.78 is 0. The van der Waals surface area contributed by atoms with Crippen LogP contribution in [0.25, 0.3) is 0 Å². The van der Waals surface area contributed by atoms with Crippen LogP contribution in [0.4, 0.5) is 0 Å². The molecule has 0 amide bonds. The summed E-state index contributed by atoms with van der Waals surface area (Å²) in [7, 11) is -0.178. The van der Waals surface area contributed by atoms with Crippen molar-refractivity contribution in [3.8, 4) is 0 Å². The fraction of sp³-hybridized carbons (Fsp3) is 1.00. The summed E-state index contributed by atoms with van der Waals surface area (Å²) in [6, 6.07) is 1.59. The summed E-state index contributed by atoms with van der Waals surface area (Å²) in [5.41, 5.74) is 0. The van der Waals surface area contributed by atoms with Crippen LogP contribution in [0, 0.1) is 0 Å². The first-order chi connectivity index (χ1) is 3.13. The smallest absolute Gasteiger partial charge is 0.0395 e. The van der Waals surface area contributed by atoms with E-state index in [1.165, 1.54) is 6.42 Å². The third-order valence-electron chi connectivity index (χ3n) is 2.56. The molecule has 1 atom stereocenters. The van der Waals surface area contributed by atoms with Crippen LogP contribution in [0.5, 0.6) is 0 Å². The lowest BCUT2D eigenvalue weighted by molar-refractivity contribution is 0.562. The van der Waals surface area contributed by atoms with E-state index in [0.29, 0.717) is 0 Å². The van der Waals surface area contributed by atoms with Crippen LogP contribution in [0.15, 0.2) is 0 Å². The van der Waals surface area contributed by atoms with Gasteiger partial charge in [-0.05, 0) is 5.04 Å². The van der Waals surface area contributed by atoms with Crippen molar-refractivity contribution < 1.29 is 0 Å². The van der Waals surface area contributed by atoms with Crippen LogP contribution in [0.2, 0.25) is 17.6 Å². The molecule has 0 aromatic heterocycles. The molecule has 0 bridgehead atoms. The molecule has 7 heavy (non-hydrogen) atoms. The predicted octanol–water partition coefficient (Wildman–Crippen LogP) is 2.03. The Bertz CT molecular complexity index is 76.2. The summed E-state index contributed by atoms with van der Waals surface area (Å²) in [5, 5.41) is 0.819. The van der Waals surface area contributed by atoms with Gasteiger partial charge in [0.05, 0.1) is 0 Å². The van der Waals surface area contributed by atoms with E-state index in [2.05, 4.69) is 20.4 Å². The highest BCUT2D eigenvalue weighted by Crippen LogP contribution is 2.46. The average molecular weight is 114 g/mol. The first-order valence-electron chi connectivity index (χ1n) is 3.13. The van der Waals surface area contributed by atoms with E-state index >= 15 is 0 Å². The fourth-order valence-electron chi connectivity index (χ4n) is 1.01. The molecule has 1 aliphatic rings. The molecule has 0 aliphatic carbocycles. The molecule has 1 heterocycles. The van der Waals surface area contributed by atoms with Gasteiger partial charge in [0.1, 0.15) is 0 Å². The Balaban J connectivity index is 2.43. The van der Waals surface area contributed by atoms with E-state index < -0.39 is 0 Å². The van der Waals surface area contributed by atoms with Crippen molar-refractivity contribution in [2.75, 3.05) is 0 Å². The van der Waals surface area contributed by atoms with Crippen LogP contribution in [-0.4, -0.2) is 8.80 Å². The molecule has 1 saturated heterocycles. The maximum atomic E-state index is 2.48. The highest BCUT2D eigenvalue weighted by Gasteiger charge is 2.35. The molecular formula is C6H14Si. The Morgan fingerprint density at radius 1 is 1.43 bits per heavy atom. The van der Waals surface area contributed by atoms with Crippen LogP contribution >= 0.6 is 0 Å². The third-order valence-corrected chi connectivity index (χ3v) is 6.67. The van der Waals surface area contributed by atoms with Gasteiger partial charge in [-0.1, -0.05) is 32.9 Å². The summed E-state index contributed by atoms with van der Waals surface area (Å²) in [6.45, 7) is 7.30. The van der Waals surface area contributed by atoms with E-state index in [-0.39, 0.29) is 8.80 Å². The molecular weight excluding hydrogens is 100 g/mol. The number of hydrogen-bond donors (Lipinski definition) is 0. The first-order valence-corrected chi connectivity index (χ1v) is 5.68. The normalized spacial score (nSPS) is 37.3. The Morgan fingerprint density at radius 3 is 1.86 bits per heavy atom. The lowest BCUT2D eigenvalue weighted by Crippen LogP contribution is -2.34. The second-order valence-electron chi connectivity index (χ2n) is 3.43. The molecule has 0 aromatic rings. The second kappa shape index (κ2) is 1.34. The number of rotatable bonds is 0. The van der Waals surface area contributed by atoms with Gasteiger partial charge in [-0.25, -0.2) is 0 Å². The highest BCUT2D eigenvalue weighted by molar-refractivity contribution is 6.63. The van der Waals surface area contributed by atoms with E-state index in [9.17, 15) is 0 Å². The predicted molar refractivity (Wildman–Crippen MR) is 36.5 cm³/mol. The summed E-state index contributed by atoms with van der Waals surface area (Å²) in [4.78, 5) is 0. The third kappa shape index (κ3) is 0.741. The van der Waals surface area contributed by atoms with Gasteiger partial charge >= 0.3 is 0 Å². The minimum atomic E-state index is -0.178. The van der Waals surface area contributed by atoms with Gasteiger partial charge in [-0.2, -0.15) is 0 Å². The Labute approximate surface area is 47.5 Å². The Kier molecular flexibility index (Phi) is 1.03. The first kappa shape index (κ1) is 5.36. The maximum Gasteiger partial charge on any atom is 0.0395 e. The molecule has 1 unspecified atom stereocenters. The highest BCUT2D eigenvalue weighted by atomic mass is 28.3. The second-order valence-corrected chi connectivity index (χ2v) is 7.37. The van der Waals surface area contributed by atoms with Crippen molar-refractivity contribution in [3.63, 3.8) is 0 Å². The van der Waals surface area contributed by atoms with Crippen molar-refractivity contribution in [1.29, 1.82) is 0 Å². The standard InChI is InChI=1S/C6H14Si/c1-6(2)4-5-7(6)3/h7H,4-5H2,1-3H3. The van der Waals surface area contributed by atoms with Crippen molar-refractivity contribution >= 4 is 8.80 Å². The van der Waals surface area contributed by atoms with Crippen molar-refractivity contribution in [2.24, 2.45) is 0 Å². The van der Waals surface area contributed by atoms with Crippen molar-refractivity contribution in [3.05, 3.63) is 0 Å². The lowest BCUT2D eigenvalue weighted by atomic mass is 10.1. The molecule has 0 aromatic carbocycles. The monoisotopic (exact) mass is 114 g/mol. The zero-order valence-electron chi connectivity index (χ0n) is 5.49. The molecule has 0 radical (unpaired) electrons. The van der Waals surface area contributed by atoms with Crippen molar-refractivity contribution in [2.45, 2.75) is 37.9 Å². The summed E-state index contributed by atoms with van der Waals surface area (Å²) in [6.07, 6.45) is 1.50. The Hall–Kier alpha value is 0.217. The minimum absolute atomic E-state index is 0.178. The molecule has 0 N–H and O–H groups in total. The molecule has 0 nitrogen and oxygen atoms in total. The lowest BCUT2D eigenvalue weighted by Gasteiger charge is -2.41. The van der Waals surface area contributed by atoms with Gasteiger partial charge in [0.15, 0.2) is 0 Å². The van der Waals surface area contributed by atoms with E-state index in [1.54, 1.807) is 6.04 Å². The topological polar surface area (TPSA) is 0 Å². The van der Waals surface area contributed by atoms with Gasteiger partial charge in [0.2, 0.25) is 0 Å². The average Bonchev–Trinajstić information content (AvgIpc) is 1.63. The zero-order chi connectivity index (χ0) is 5.49. The molecule has 1 aliphatic heterocycles. The van der Waals surface area contributed by atoms with Gasteiger partial charge in [0, 0.05) is 8.80 Å². The Morgan fingerprint density at radius 2 is 1.86 bits per heavy atom. The van der Waals surface area contributed by atoms with Crippen LogP contribution in [-0.2, 0) is 0 Å². The molecule has 1 rings (SSSR count). The zero-order valence-corrected chi connectivity index (χ0v) is 6.65. The minimum Gasteiger partial charge on any atom is -0.0716 e. The van der Waals surface area contributed by atoms with Crippen LogP contribution in [0.3, 0.4) is 0 Å². The fourth-order valence-corrected chi connectivity index (χ4v) is 3.03. The maximum absolute atomic E-state index is 2.48. The number of hydrogen-bond acceptors (Lipinski definition) is 0. The molecule has 1 heteroatoms. The van der Waals surface area contributed by atoms with E-state index in [4.69, 9.17) is 0 Å². The van der Waals surface area contributed by atoms with Crippen LogP contribution < -0.4 is 0 Å². The SMILES string of the molecule is C[SiH]1CCC1(C)C. The van der Waals surface area contributed by atoms with Gasteiger partial charge in [-0.3, -0.25) is 0 Å². The van der Waals surface area contributed by atoms with Crippen LogP contribution in [0.1, 0.15) is 20.3 Å². The summed E-state index contributed by atoms with van der Waals surface area (Å²) in [5.74, 6) is 0. The van der Waals surface area contributed by atoms with Gasteiger partial charge < -0.3 is 0 Å². The van der Waals surface area contributed by atoms with Gasteiger partial charge in [0.25, 0.3) is 0 Å². The van der Waals surface area contributed by atoms with Gasteiger partial charge in [-0.15, -0.1) is 0 Å². The molecule has 0 saturated carbocycles. The van der Waals surface area contributed by atoms with E-state index in [1.807, 2.05) is 0 Å².